The van der Waals surface area contributed by atoms with Crippen molar-refractivity contribution in [3.05, 3.63) is 23.4 Å². The van der Waals surface area contributed by atoms with Gasteiger partial charge in [0.1, 0.15) is 0 Å². The van der Waals surface area contributed by atoms with E-state index in [2.05, 4.69) is 4.98 Å². The van der Waals surface area contributed by atoms with Crippen molar-refractivity contribution in [1.82, 2.24) is 9.29 Å². The van der Waals surface area contributed by atoms with Crippen molar-refractivity contribution in [3.8, 4) is 0 Å². The molecule has 0 N–H and O–H groups in total. The lowest BCUT2D eigenvalue weighted by Gasteiger charge is -2.13. The smallest absolute Gasteiger partial charge is 0.305 e. The largest absolute Gasteiger partial charge is 0.466 e. The highest BCUT2D eigenvalue weighted by molar-refractivity contribution is 7.83. The molecule has 21 heavy (non-hydrogen) atoms. The van der Waals surface area contributed by atoms with Gasteiger partial charge < -0.3 is 4.74 Å². The van der Waals surface area contributed by atoms with Crippen LogP contribution in [-0.4, -0.2) is 38.5 Å². The Labute approximate surface area is 126 Å². The molecule has 0 spiro atoms. The average Bonchev–Trinajstić information content (AvgIpc) is 2.68. The Bertz CT molecular complexity index is 588. The van der Waals surface area contributed by atoms with Gasteiger partial charge in [0.25, 0.3) is 5.91 Å². The van der Waals surface area contributed by atoms with Gasteiger partial charge in [-0.25, -0.2) is 9.19 Å². The molecule has 0 aliphatic carbocycles. The van der Waals surface area contributed by atoms with Gasteiger partial charge >= 0.3 is 5.97 Å². The van der Waals surface area contributed by atoms with Crippen LogP contribution in [0.5, 0.6) is 0 Å². The highest BCUT2D eigenvalue weighted by Crippen LogP contribution is 2.26. The number of esters is 1. The van der Waals surface area contributed by atoms with E-state index in [0.29, 0.717) is 43.0 Å². The lowest BCUT2D eigenvalue weighted by atomic mass is 10.2. The van der Waals surface area contributed by atoms with Crippen LogP contribution in [0.1, 0.15) is 42.1 Å². The van der Waals surface area contributed by atoms with Crippen LogP contribution < -0.4 is 0 Å². The second-order valence-corrected chi connectivity index (χ2v) is 6.11. The van der Waals surface area contributed by atoms with Gasteiger partial charge in [0.05, 0.1) is 12.2 Å². The van der Waals surface area contributed by atoms with Crippen molar-refractivity contribution in [2.24, 2.45) is 0 Å². The summed E-state index contributed by atoms with van der Waals surface area (Å²) in [5, 5.41) is 0.330. The fourth-order valence-electron chi connectivity index (χ4n) is 2.11. The molecular weight excluding hydrogens is 292 g/mol. The molecule has 114 valence electrons. The Morgan fingerprint density at radius 3 is 2.90 bits per heavy atom. The number of amides is 1. The molecule has 1 amide bonds. The van der Waals surface area contributed by atoms with E-state index in [0.717, 1.165) is 5.56 Å². The van der Waals surface area contributed by atoms with Gasteiger partial charge in [0, 0.05) is 19.2 Å². The topological polar surface area (TPSA) is 76.6 Å². The van der Waals surface area contributed by atoms with Crippen molar-refractivity contribution >= 4 is 22.9 Å². The predicted molar refractivity (Wildman–Crippen MR) is 76.9 cm³/mol. The molecule has 0 saturated carbocycles. The minimum absolute atomic E-state index is 0.244. The molecule has 0 aromatic carbocycles. The van der Waals surface area contributed by atoms with Gasteiger partial charge in [0.15, 0.2) is 16.0 Å². The number of carbonyl (C=O) groups excluding carboxylic acids is 2. The monoisotopic (exact) mass is 310 g/mol. The first-order chi connectivity index (χ1) is 10.0. The first kappa shape index (κ1) is 15.6. The van der Waals surface area contributed by atoms with E-state index in [1.165, 1.54) is 4.31 Å². The van der Waals surface area contributed by atoms with Crippen LogP contribution in [0.3, 0.4) is 0 Å². The number of carbonyl (C=O) groups is 2. The first-order valence-corrected chi connectivity index (χ1v) is 8.01. The molecular formula is C14H18N2O4S. The lowest BCUT2D eigenvalue weighted by molar-refractivity contribution is -0.143. The molecule has 1 atom stereocenters. The van der Waals surface area contributed by atoms with Crippen molar-refractivity contribution in [2.75, 3.05) is 13.2 Å². The summed E-state index contributed by atoms with van der Waals surface area (Å²) in [7, 11) is -1.53. The van der Waals surface area contributed by atoms with Gasteiger partial charge in [-0.2, -0.15) is 0 Å². The maximum Gasteiger partial charge on any atom is 0.305 e. The third kappa shape index (κ3) is 3.47. The number of aromatic nitrogens is 1. The molecule has 1 unspecified atom stereocenters. The van der Waals surface area contributed by atoms with Crippen molar-refractivity contribution in [2.45, 2.75) is 38.1 Å². The van der Waals surface area contributed by atoms with Crippen molar-refractivity contribution in [3.63, 3.8) is 0 Å². The summed E-state index contributed by atoms with van der Waals surface area (Å²) in [6.45, 7) is 4.32. The Morgan fingerprint density at radius 2 is 2.19 bits per heavy atom. The maximum atomic E-state index is 12.2. The molecule has 1 aliphatic heterocycles. The normalized spacial score (nSPS) is 17.0. The third-order valence-corrected chi connectivity index (χ3v) is 4.51. The molecule has 1 aromatic heterocycles. The molecule has 0 fully saturated rings. The van der Waals surface area contributed by atoms with Crippen molar-refractivity contribution in [1.29, 1.82) is 0 Å². The van der Waals surface area contributed by atoms with Crippen molar-refractivity contribution < 1.29 is 18.5 Å². The summed E-state index contributed by atoms with van der Waals surface area (Å²) in [6, 6.07) is 1.71. The van der Waals surface area contributed by atoms with E-state index in [-0.39, 0.29) is 11.9 Å². The maximum absolute atomic E-state index is 12.2. The van der Waals surface area contributed by atoms with E-state index in [1.54, 1.807) is 19.2 Å². The number of ether oxygens (including phenoxy) is 1. The van der Waals surface area contributed by atoms with E-state index in [9.17, 15) is 13.8 Å². The van der Waals surface area contributed by atoms with Crippen LogP contribution in [0.25, 0.3) is 0 Å². The Hall–Kier alpha value is -1.76. The zero-order valence-corrected chi connectivity index (χ0v) is 12.9. The summed E-state index contributed by atoms with van der Waals surface area (Å²) >= 11 is 0. The molecule has 0 radical (unpaired) electrons. The van der Waals surface area contributed by atoms with Crippen LogP contribution in [0.2, 0.25) is 0 Å². The summed E-state index contributed by atoms with van der Waals surface area (Å²) in [4.78, 5) is 27.5. The molecule has 2 heterocycles. The van der Waals surface area contributed by atoms with Gasteiger partial charge in [-0.15, -0.1) is 0 Å². The first-order valence-electron chi connectivity index (χ1n) is 6.90. The predicted octanol–water partition coefficient (Wildman–Crippen LogP) is 1.60. The van der Waals surface area contributed by atoms with Crippen LogP contribution in [-0.2, 0) is 20.5 Å². The number of pyridine rings is 1. The quantitative estimate of drug-likeness (QED) is 0.589. The fraction of sp³-hybridized carbons (Fsp3) is 0.500. The molecule has 0 saturated heterocycles. The summed E-state index contributed by atoms with van der Waals surface area (Å²) in [6.07, 6.45) is 3.12. The van der Waals surface area contributed by atoms with E-state index < -0.39 is 11.0 Å². The summed E-state index contributed by atoms with van der Waals surface area (Å²) in [5.41, 5.74) is 1.28. The Kier molecular flexibility index (Phi) is 5.06. The molecule has 0 bridgehead atoms. The van der Waals surface area contributed by atoms with Gasteiger partial charge in [0.2, 0.25) is 0 Å². The highest BCUT2D eigenvalue weighted by Gasteiger charge is 2.35. The molecule has 1 aliphatic rings. The number of hydrogen-bond acceptors (Lipinski definition) is 5. The van der Waals surface area contributed by atoms with Crippen LogP contribution in [0.15, 0.2) is 17.3 Å². The second-order valence-electron chi connectivity index (χ2n) is 4.78. The number of rotatable bonds is 6. The zero-order chi connectivity index (χ0) is 15.4. The highest BCUT2D eigenvalue weighted by atomic mass is 32.2. The van der Waals surface area contributed by atoms with Gasteiger partial charge in [-0.3, -0.25) is 13.9 Å². The SMILES string of the molecule is CCOC(=O)CCCCN1C(=O)c2cc(C)cnc2S1=O. The standard InChI is InChI=1S/C14H18N2O4S/c1-3-20-12(17)6-4-5-7-16-14(18)11-8-10(2)9-15-13(11)21(16)19/h8-9H,3-7H2,1-2H3. The minimum atomic E-state index is -1.53. The molecule has 1 aromatic rings. The van der Waals surface area contributed by atoms with Crippen LogP contribution in [0, 0.1) is 6.92 Å². The fourth-order valence-corrected chi connectivity index (χ4v) is 3.34. The second kappa shape index (κ2) is 6.80. The van der Waals surface area contributed by atoms with Crippen LogP contribution >= 0.6 is 0 Å². The zero-order valence-electron chi connectivity index (χ0n) is 12.1. The van der Waals surface area contributed by atoms with Gasteiger partial charge in [-0.1, -0.05) is 0 Å². The van der Waals surface area contributed by atoms with Crippen LogP contribution in [0.4, 0.5) is 0 Å². The van der Waals surface area contributed by atoms with E-state index in [4.69, 9.17) is 4.74 Å². The number of aryl methyl sites for hydroxylation is 1. The number of unbranched alkanes of at least 4 members (excludes halogenated alkanes) is 1. The lowest BCUT2D eigenvalue weighted by Crippen LogP contribution is -2.27. The average molecular weight is 310 g/mol. The summed E-state index contributed by atoms with van der Waals surface area (Å²) in [5.74, 6) is -0.498. The third-order valence-electron chi connectivity index (χ3n) is 3.11. The number of nitrogens with zero attached hydrogens (tertiary/aromatic N) is 2. The van der Waals surface area contributed by atoms with E-state index in [1.807, 2.05) is 6.92 Å². The summed E-state index contributed by atoms with van der Waals surface area (Å²) < 4.78 is 18.3. The number of hydrogen-bond donors (Lipinski definition) is 0. The minimum Gasteiger partial charge on any atom is -0.466 e. The number of fused-ring (bicyclic) bond motifs is 1. The molecule has 2 rings (SSSR count). The Balaban J connectivity index is 1.90. The Morgan fingerprint density at radius 1 is 1.43 bits per heavy atom. The molecule has 7 heteroatoms. The van der Waals surface area contributed by atoms with Gasteiger partial charge in [-0.05, 0) is 38.3 Å². The molecule has 6 nitrogen and oxygen atoms in total. The van der Waals surface area contributed by atoms with E-state index >= 15 is 0 Å².